The van der Waals surface area contributed by atoms with Crippen LogP contribution in [0.4, 0.5) is 0 Å². The number of methoxy groups -OCH3 is 1. The van der Waals surface area contributed by atoms with Gasteiger partial charge in [0, 0.05) is 11.6 Å². The van der Waals surface area contributed by atoms with Crippen LogP contribution in [0.1, 0.15) is 31.2 Å². The molecular weight excluding hydrogens is 248 g/mol. The summed E-state index contributed by atoms with van der Waals surface area (Å²) in [5.74, 6) is 1.000. The van der Waals surface area contributed by atoms with E-state index in [-0.39, 0.29) is 5.54 Å². The molecule has 0 saturated heterocycles. The minimum Gasteiger partial charge on any atom is -0.496 e. The van der Waals surface area contributed by atoms with Crippen LogP contribution in [0.5, 0.6) is 5.75 Å². The third kappa shape index (κ3) is 2.84. The van der Waals surface area contributed by atoms with E-state index in [0.717, 1.165) is 12.2 Å². The molecule has 3 nitrogen and oxygen atoms in total. The molecule has 20 heavy (non-hydrogen) atoms. The smallest absolute Gasteiger partial charge is 0.122 e. The first-order valence-corrected chi connectivity index (χ1v) is 7.60. The number of benzene rings is 1. The maximum absolute atomic E-state index is 5.51. The fourth-order valence-electron chi connectivity index (χ4n) is 3.75. The first-order valence-electron chi connectivity index (χ1n) is 7.60. The largest absolute Gasteiger partial charge is 0.496 e. The predicted molar refractivity (Wildman–Crippen MR) is 84.4 cm³/mol. The van der Waals surface area contributed by atoms with Crippen LogP contribution in [-0.4, -0.2) is 44.7 Å². The standard InChI is InChI=1S/C17H28N2O/c1-18-16(17(19(2)3)11-7-8-12-17)13-14-9-5-6-10-15(14)20-4/h5-6,9-10,16,18H,7-8,11-13H2,1-4H3. The zero-order valence-electron chi connectivity index (χ0n) is 13.3. The second kappa shape index (κ2) is 6.59. The van der Waals surface area contributed by atoms with Gasteiger partial charge in [0.2, 0.25) is 0 Å². The molecule has 3 heteroatoms. The summed E-state index contributed by atoms with van der Waals surface area (Å²) < 4.78 is 5.51. The van der Waals surface area contributed by atoms with E-state index in [1.807, 2.05) is 6.07 Å². The monoisotopic (exact) mass is 276 g/mol. The van der Waals surface area contributed by atoms with E-state index in [4.69, 9.17) is 4.74 Å². The van der Waals surface area contributed by atoms with Gasteiger partial charge in [-0.25, -0.2) is 0 Å². The van der Waals surface area contributed by atoms with Crippen molar-refractivity contribution in [2.75, 3.05) is 28.3 Å². The van der Waals surface area contributed by atoms with Crippen molar-refractivity contribution in [3.63, 3.8) is 0 Å². The van der Waals surface area contributed by atoms with E-state index in [9.17, 15) is 0 Å². The summed E-state index contributed by atoms with van der Waals surface area (Å²) >= 11 is 0. The molecule has 1 aromatic carbocycles. The number of likely N-dealkylation sites (N-methyl/N-ethyl adjacent to an activating group) is 2. The molecule has 1 N–H and O–H groups in total. The lowest BCUT2D eigenvalue weighted by Gasteiger charge is -2.43. The van der Waals surface area contributed by atoms with Gasteiger partial charge in [-0.2, -0.15) is 0 Å². The Morgan fingerprint density at radius 3 is 2.45 bits per heavy atom. The van der Waals surface area contributed by atoms with Crippen LogP contribution in [-0.2, 0) is 6.42 Å². The van der Waals surface area contributed by atoms with Crippen molar-refractivity contribution >= 4 is 0 Å². The van der Waals surface area contributed by atoms with E-state index >= 15 is 0 Å². The molecule has 1 unspecified atom stereocenters. The number of hydrogen-bond acceptors (Lipinski definition) is 3. The Morgan fingerprint density at radius 2 is 1.90 bits per heavy atom. The lowest BCUT2D eigenvalue weighted by Crippen LogP contribution is -2.57. The molecular formula is C17H28N2O. The van der Waals surface area contributed by atoms with Crippen LogP contribution in [0.25, 0.3) is 0 Å². The number of nitrogens with zero attached hydrogens (tertiary/aromatic N) is 1. The molecule has 1 aliphatic carbocycles. The van der Waals surface area contributed by atoms with Crippen LogP contribution >= 0.6 is 0 Å². The third-order valence-corrected chi connectivity index (χ3v) is 4.97. The van der Waals surface area contributed by atoms with Crippen LogP contribution in [0.3, 0.4) is 0 Å². The Labute approximate surface area is 123 Å². The van der Waals surface area contributed by atoms with E-state index in [1.54, 1.807) is 7.11 Å². The summed E-state index contributed by atoms with van der Waals surface area (Å²) in [4.78, 5) is 2.43. The highest BCUT2D eigenvalue weighted by molar-refractivity contribution is 5.34. The molecule has 0 bridgehead atoms. The van der Waals surface area contributed by atoms with Gasteiger partial charge >= 0.3 is 0 Å². The Morgan fingerprint density at radius 1 is 1.25 bits per heavy atom. The highest BCUT2D eigenvalue weighted by Gasteiger charge is 2.42. The third-order valence-electron chi connectivity index (χ3n) is 4.97. The first-order chi connectivity index (χ1) is 9.64. The highest BCUT2D eigenvalue weighted by atomic mass is 16.5. The average Bonchev–Trinajstić information content (AvgIpc) is 2.96. The van der Waals surface area contributed by atoms with Crippen LogP contribution in [0.15, 0.2) is 24.3 Å². The van der Waals surface area contributed by atoms with Gasteiger partial charge in [-0.3, -0.25) is 0 Å². The number of nitrogens with one attached hydrogen (secondary N) is 1. The van der Waals surface area contributed by atoms with Crippen LogP contribution in [0, 0.1) is 0 Å². The maximum Gasteiger partial charge on any atom is 0.122 e. The van der Waals surface area contributed by atoms with Gasteiger partial charge < -0.3 is 15.0 Å². The Bertz CT molecular complexity index is 425. The number of ether oxygens (including phenoxy) is 1. The normalized spacial score (nSPS) is 19.2. The van der Waals surface area contributed by atoms with Crippen LogP contribution in [0.2, 0.25) is 0 Å². The number of para-hydroxylation sites is 1. The van der Waals surface area contributed by atoms with Gasteiger partial charge in [-0.05, 0) is 52.0 Å². The van der Waals surface area contributed by atoms with Crippen molar-refractivity contribution in [1.29, 1.82) is 0 Å². The maximum atomic E-state index is 5.51. The van der Waals surface area contributed by atoms with Crippen molar-refractivity contribution in [2.24, 2.45) is 0 Å². The zero-order valence-corrected chi connectivity index (χ0v) is 13.3. The molecule has 0 heterocycles. The molecule has 1 aromatic rings. The predicted octanol–water partition coefficient (Wildman–Crippen LogP) is 2.70. The zero-order chi connectivity index (χ0) is 14.6. The van der Waals surface area contributed by atoms with E-state index < -0.39 is 0 Å². The quantitative estimate of drug-likeness (QED) is 0.864. The molecule has 0 aromatic heterocycles. The second-order valence-electron chi connectivity index (χ2n) is 6.06. The summed E-state index contributed by atoms with van der Waals surface area (Å²) in [7, 11) is 8.28. The highest BCUT2D eigenvalue weighted by Crippen LogP contribution is 2.38. The van der Waals surface area contributed by atoms with Crippen molar-refractivity contribution < 1.29 is 4.74 Å². The molecule has 0 amide bonds. The molecule has 1 saturated carbocycles. The van der Waals surface area contributed by atoms with Gasteiger partial charge in [-0.1, -0.05) is 31.0 Å². The van der Waals surface area contributed by atoms with Crippen molar-refractivity contribution in [1.82, 2.24) is 10.2 Å². The molecule has 112 valence electrons. The number of hydrogen-bond donors (Lipinski definition) is 1. The Hall–Kier alpha value is -1.06. The Balaban J connectivity index is 2.24. The van der Waals surface area contributed by atoms with Gasteiger partial charge in [-0.15, -0.1) is 0 Å². The SMILES string of the molecule is CNC(Cc1ccccc1OC)C1(N(C)C)CCCC1. The first kappa shape index (κ1) is 15.3. The van der Waals surface area contributed by atoms with Gasteiger partial charge in [0.1, 0.15) is 5.75 Å². The molecule has 1 atom stereocenters. The molecule has 1 fully saturated rings. The van der Waals surface area contributed by atoms with Gasteiger partial charge in [0.15, 0.2) is 0 Å². The molecule has 0 spiro atoms. The fourth-order valence-corrected chi connectivity index (χ4v) is 3.75. The molecule has 1 aliphatic rings. The summed E-state index contributed by atoms with van der Waals surface area (Å²) in [6, 6.07) is 8.83. The Kier molecular flexibility index (Phi) is 5.06. The second-order valence-corrected chi connectivity index (χ2v) is 6.06. The minimum absolute atomic E-state index is 0.273. The molecule has 2 rings (SSSR count). The van der Waals surface area contributed by atoms with Crippen molar-refractivity contribution in [2.45, 2.75) is 43.7 Å². The molecule has 0 radical (unpaired) electrons. The summed E-state index contributed by atoms with van der Waals surface area (Å²) in [5.41, 5.74) is 1.57. The lowest BCUT2D eigenvalue weighted by molar-refractivity contribution is 0.108. The van der Waals surface area contributed by atoms with Gasteiger partial charge in [0.25, 0.3) is 0 Å². The van der Waals surface area contributed by atoms with Gasteiger partial charge in [0.05, 0.1) is 7.11 Å². The van der Waals surface area contributed by atoms with E-state index in [1.165, 1.54) is 31.2 Å². The van der Waals surface area contributed by atoms with Crippen LogP contribution < -0.4 is 10.1 Å². The summed E-state index contributed by atoms with van der Waals surface area (Å²) in [6.07, 6.45) is 6.24. The molecule has 0 aliphatic heterocycles. The van der Waals surface area contributed by atoms with E-state index in [2.05, 4.69) is 49.6 Å². The number of rotatable bonds is 6. The average molecular weight is 276 g/mol. The summed E-state index contributed by atoms with van der Waals surface area (Å²) in [6.45, 7) is 0. The topological polar surface area (TPSA) is 24.5 Å². The minimum atomic E-state index is 0.273. The van der Waals surface area contributed by atoms with Crippen molar-refractivity contribution in [3.05, 3.63) is 29.8 Å². The van der Waals surface area contributed by atoms with E-state index in [0.29, 0.717) is 6.04 Å². The summed E-state index contributed by atoms with van der Waals surface area (Å²) in [5, 5.41) is 3.57. The lowest BCUT2D eigenvalue weighted by atomic mass is 9.83. The fraction of sp³-hybridized carbons (Fsp3) is 0.647. The van der Waals surface area contributed by atoms with Crippen molar-refractivity contribution in [3.8, 4) is 5.75 Å².